The number of ether oxygens (including phenoxy) is 1. The Morgan fingerprint density at radius 1 is 1.21 bits per heavy atom. The van der Waals surface area contributed by atoms with E-state index in [1.54, 1.807) is 0 Å². The third kappa shape index (κ3) is 3.97. The average molecular weight is 332 g/mol. The molecular formula is C16H16N2O6. The quantitative estimate of drug-likeness (QED) is 0.512. The Labute approximate surface area is 137 Å². The zero-order valence-corrected chi connectivity index (χ0v) is 13.4. The van der Waals surface area contributed by atoms with Crippen molar-refractivity contribution in [1.29, 1.82) is 0 Å². The number of nitro groups is 1. The van der Waals surface area contributed by atoms with Gasteiger partial charge in [-0.05, 0) is 38.0 Å². The SMILES string of the molecule is Cc1cc(C)c(NC(=O)COC(=O)c2ccc([N+](=O)[O-])o2)c(C)c1. The Morgan fingerprint density at radius 3 is 2.38 bits per heavy atom. The van der Waals surface area contributed by atoms with Gasteiger partial charge < -0.3 is 14.5 Å². The molecule has 0 atom stereocenters. The number of amides is 1. The Bertz CT molecular complexity index is 786. The van der Waals surface area contributed by atoms with Crippen LogP contribution in [-0.4, -0.2) is 23.4 Å². The average Bonchev–Trinajstić information content (AvgIpc) is 2.98. The van der Waals surface area contributed by atoms with Crippen molar-refractivity contribution in [3.63, 3.8) is 0 Å². The second-order valence-corrected chi connectivity index (χ2v) is 5.29. The molecule has 8 nitrogen and oxygen atoms in total. The Hall–Kier alpha value is -3.16. The van der Waals surface area contributed by atoms with E-state index in [2.05, 4.69) is 5.32 Å². The highest BCUT2D eigenvalue weighted by Crippen LogP contribution is 2.22. The second kappa shape index (κ2) is 6.95. The highest BCUT2D eigenvalue weighted by atomic mass is 16.7. The van der Waals surface area contributed by atoms with Crippen LogP contribution in [0.5, 0.6) is 0 Å². The molecule has 1 amide bonds. The fourth-order valence-corrected chi connectivity index (χ4v) is 2.29. The summed E-state index contributed by atoms with van der Waals surface area (Å²) >= 11 is 0. The lowest BCUT2D eigenvalue weighted by Crippen LogP contribution is -2.21. The summed E-state index contributed by atoms with van der Waals surface area (Å²) in [5.41, 5.74) is 3.53. The van der Waals surface area contributed by atoms with Gasteiger partial charge in [-0.1, -0.05) is 17.7 Å². The van der Waals surface area contributed by atoms with Crippen LogP contribution in [0.3, 0.4) is 0 Å². The van der Waals surface area contributed by atoms with Crippen molar-refractivity contribution in [1.82, 2.24) is 0 Å². The molecule has 0 aliphatic heterocycles. The number of carbonyl (C=O) groups excluding carboxylic acids is 2. The number of furan rings is 1. The van der Waals surface area contributed by atoms with Crippen LogP contribution in [0.4, 0.5) is 11.6 Å². The minimum Gasteiger partial charge on any atom is -0.450 e. The van der Waals surface area contributed by atoms with Gasteiger partial charge in [0.25, 0.3) is 5.91 Å². The zero-order valence-electron chi connectivity index (χ0n) is 13.4. The van der Waals surface area contributed by atoms with Gasteiger partial charge in [-0.3, -0.25) is 14.9 Å². The molecule has 0 aliphatic carbocycles. The molecule has 0 saturated heterocycles. The van der Waals surface area contributed by atoms with Crippen LogP contribution in [0, 0.1) is 30.9 Å². The Kier molecular flexibility index (Phi) is 4.98. The number of rotatable bonds is 5. The van der Waals surface area contributed by atoms with Crippen LogP contribution in [0.15, 0.2) is 28.7 Å². The number of hydrogen-bond donors (Lipinski definition) is 1. The van der Waals surface area contributed by atoms with Crippen molar-refractivity contribution < 1.29 is 23.7 Å². The molecule has 2 rings (SSSR count). The second-order valence-electron chi connectivity index (χ2n) is 5.29. The van der Waals surface area contributed by atoms with Gasteiger partial charge in [0.1, 0.15) is 4.92 Å². The molecule has 1 heterocycles. The highest BCUT2D eigenvalue weighted by molar-refractivity contribution is 5.95. The first-order valence-electron chi connectivity index (χ1n) is 7.07. The van der Waals surface area contributed by atoms with Crippen molar-refractivity contribution in [2.45, 2.75) is 20.8 Å². The van der Waals surface area contributed by atoms with Gasteiger partial charge in [-0.25, -0.2) is 4.79 Å². The first-order chi connectivity index (χ1) is 11.3. The number of esters is 1. The minimum absolute atomic E-state index is 0.336. The topological polar surface area (TPSA) is 112 Å². The van der Waals surface area contributed by atoms with Gasteiger partial charge in [-0.2, -0.15) is 0 Å². The summed E-state index contributed by atoms with van der Waals surface area (Å²) in [4.78, 5) is 33.3. The number of carbonyl (C=O) groups is 2. The van der Waals surface area contributed by atoms with Crippen LogP contribution < -0.4 is 5.32 Å². The van der Waals surface area contributed by atoms with Crippen molar-refractivity contribution >= 4 is 23.4 Å². The highest BCUT2D eigenvalue weighted by Gasteiger charge is 2.19. The third-order valence-electron chi connectivity index (χ3n) is 3.25. The van der Waals surface area contributed by atoms with E-state index in [9.17, 15) is 19.7 Å². The molecule has 0 radical (unpaired) electrons. The monoisotopic (exact) mass is 332 g/mol. The summed E-state index contributed by atoms with van der Waals surface area (Å²) in [6.45, 7) is 5.16. The predicted octanol–water partition coefficient (Wildman–Crippen LogP) is 2.91. The summed E-state index contributed by atoms with van der Waals surface area (Å²) in [6, 6.07) is 6.01. The van der Waals surface area contributed by atoms with E-state index in [4.69, 9.17) is 9.15 Å². The summed E-state index contributed by atoms with van der Waals surface area (Å²) in [5, 5.41) is 13.2. The van der Waals surface area contributed by atoms with Gasteiger partial charge in [-0.15, -0.1) is 0 Å². The van der Waals surface area contributed by atoms with Crippen LogP contribution >= 0.6 is 0 Å². The van der Waals surface area contributed by atoms with Crippen molar-refractivity contribution in [2.24, 2.45) is 0 Å². The number of hydrogen-bond acceptors (Lipinski definition) is 6. The van der Waals surface area contributed by atoms with Crippen LogP contribution in [0.2, 0.25) is 0 Å². The molecule has 126 valence electrons. The summed E-state index contributed by atoms with van der Waals surface area (Å²) in [5.74, 6) is -2.37. The zero-order chi connectivity index (χ0) is 17.9. The smallest absolute Gasteiger partial charge is 0.433 e. The molecule has 0 saturated carbocycles. The molecule has 0 bridgehead atoms. The van der Waals surface area contributed by atoms with E-state index in [1.165, 1.54) is 0 Å². The molecule has 1 aromatic heterocycles. The molecule has 1 N–H and O–H groups in total. The van der Waals surface area contributed by atoms with Crippen molar-refractivity contribution in [2.75, 3.05) is 11.9 Å². The van der Waals surface area contributed by atoms with E-state index < -0.39 is 29.3 Å². The number of anilines is 1. The minimum atomic E-state index is -0.949. The third-order valence-corrected chi connectivity index (χ3v) is 3.25. The predicted molar refractivity (Wildman–Crippen MR) is 84.9 cm³/mol. The number of nitrogens with one attached hydrogen (secondary N) is 1. The molecule has 0 aliphatic rings. The first-order valence-corrected chi connectivity index (χ1v) is 7.07. The Morgan fingerprint density at radius 2 is 1.83 bits per heavy atom. The molecule has 24 heavy (non-hydrogen) atoms. The van der Waals surface area contributed by atoms with Gasteiger partial charge in [0.15, 0.2) is 6.61 Å². The first kappa shape index (κ1) is 17.2. The number of aryl methyl sites for hydroxylation is 3. The van der Waals surface area contributed by atoms with Crippen LogP contribution in [0.25, 0.3) is 0 Å². The normalized spacial score (nSPS) is 10.3. The lowest BCUT2D eigenvalue weighted by Gasteiger charge is -2.12. The van der Waals surface area contributed by atoms with Gasteiger partial charge in [0.05, 0.1) is 6.07 Å². The van der Waals surface area contributed by atoms with E-state index in [-0.39, 0.29) is 5.76 Å². The summed E-state index contributed by atoms with van der Waals surface area (Å²) in [7, 11) is 0. The van der Waals surface area contributed by atoms with E-state index in [0.717, 1.165) is 28.8 Å². The van der Waals surface area contributed by atoms with Crippen LogP contribution in [-0.2, 0) is 9.53 Å². The largest absolute Gasteiger partial charge is 0.450 e. The molecular weight excluding hydrogens is 316 g/mol. The van der Waals surface area contributed by atoms with E-state index in [1.807, 2.05) is 32.9 Å². The molecule has 0 unspecified atom stereocenters. The standard InChI is InChI=1S/C16H16N2O6/c1-9-6-10(2)15(11(3)7-9)17-13(19)8-23-16(20)12-4-5-14(24-12)18(21)22/h4-7H,8H2,1-3H3,(H,17,19). The summed E-state index contributed by atoms with van der Waals surface area (Å²) in [6.07, 6.45) is 0. The molecule has 0 spiro atoms. The maximum Gasteiger partial charge on any atom is 0.433 e. The molecule has 2 aromatic rings. The summed E-state index contributed by atoms with van der Waals surface area (Å²) < 4.78 is 9.49. The van der Waals surface area contributed by atoms with Crippen LogP contribution in [0.1, 0.15) is 27.2 Å². The Balaban J connectivity index is 1.95. The maximum absolute atomic E-state index is 11.9. The molecule has 0 fully saturated rings. The molecule has 8 heteroatoms. The number of nitrogens with zero attached hydrogens (tertiary/aromatic N) is 1. The lowest BCUT2D eigenvalue weighted by molar-refractivity contribution is -0.402. The number of benzene rings is 1. The van der Waals surface area contributed by atoms with E-state index in [0.29, 0.717) is 5.69 Å². The van der Waals surface area contributed by atoms with Gasteiger partial charge >= 0.3 is 11.9 Å². The maximum atomic E-state index is 11.9. The fourth-order valence-electron chi connectivity index (χ4n) is 2.29. The fraction of sp³-hybridized carbons (Fsp3) is 0.250. The van der Waals surface area contributed by atoms with Crippen molar-refractivity contribution in [3.05, 3.63) is 56.8 Å². The van der Waals surface area contributed by atoms with E-state index >= 15 is 0 Å². The lowest BCUT2D eigenvalue weighted by atomic mass is 10.1. The van der Waals surface area contributed by atoms with Crippen molar-refractivity contribution in [3.8, 4) is 0 Å². The van der Waals surface area contributed by atoms with Gasteiger partial charge in [0.2, 0.25) is 5.76 Å². The molecule has 1 aromatic carbocycles. The van der Waals surface area contributed by atoms with Gasteiger partial charge in [0, 0.05) is 5.69 Å².